The smallest absolute Gasteiger partial charge is 0.103 e. The predicted octanol–water partition coefficient (Wildman–Crippen LogP) is 4.36. The van der Waals surface area contributed by atoms with E-state index in [0.717, 1.165) is 18.6 Å². The second-order valence-electron chi connectivity index (χ2n) is 6.42. The van der Waals surface area contributed by atoms with Crippen LogP contribution in [0.1, 0.15) is 46.1 Å². The van der Waals surface area contributed by atoms with Gasteiger partial charge in [0.05, 0.1) is 6.07 Å². The Labute approximate surface area is 128 Å². The molecule has 0 aromatic heterocycles. The maximum atomic E-state index is 9.09. The van der Waals surface area contributed by atoms with Crippen LogP contribution in [0.5, 0.6) is 0 Å². The Hall–Kier alpha value is -0.980. The van der Waals surface area contributed by atoms with Crippen LogP contribution in [0.15, 0.2) is 29.2 Å². The number of benzene rings is 1. The Morgan fingerprint density at radius 3 is 2.20 bits per heavy atom. The number of nitriles is 1. The molecule has 1 rings (SSSR count). The summed E-state index contributed by atoms with van der Waals surface area (Å²) in [6.07, 6.45) is 1.92. The van der Waals surface area contributed by atoms with Crippen molar-refractivity contribution in [3.63, 3.8) is 0 Å². The van der Waals surface area contributed by atoms with Gasteiger partial charge in [0, 0.05) is 4.90 Å². The summed E-state index contributed by atoms with van der Waals surface area (Å²) in [6, 6.07) is 11.2. The molecule has 0 spiro atoms. The molecule has 2 nitrogen and oxygen atoms in total. The highest BCUT2D eigenvalue weighted by molar-refractivity contribution is 7.99. The third-order valence-corrected chi connectivity index (χ3v) is 4.71. The van der Waals surface area contributed by atoms with Gasteiger partial charge in [0.1, 0.15) is 5.54 Å². The number of hydrogen-bond acceptors (Lipinski definition) is 3. The predicted molar refractivity (Wildman–Crippen MR) is 88.2 cm³/mol. The van der Waals surface area contributed by atoms with Gasteiger partial charge in [0.2, 0.25) is 0 Å². The maximum absolute atomic E-state index is 9.09. The molecule has 1 atom stereocenters. The first kappa shape index (κ1) is 17.1. The highest BCUT2D eigenvalue weighted by Gasteiger charge is 2.20. The number of hydrogen-bond donors (Lipinski definition) is 1. The molecule has 1 unspecified atom stereocenters. The molecule has 0 saturated heterocycles. The molecular formula is C17H26N2S. The van der Waals surface area contributed by atoms with Crippen LogP contribution in [0.25, 0.3) is 0 Å². The standard InChI is InChI=1S/C17H26N2S/c1-16(2,3)14-7-9-15(10-8-14)20-12-6-11-17(4,13-18)19-5/h7-10,19H,6,11-12H2,1-5H3. The van der Waals surface area contributed by atoms with Crippen LogP contribution in [0.4, 0.5) is 0 Å². The van der Waals surface area contributed by atoms with Gasteiger partial charge in [-0.2, -0.15) is 5.26 Å². The first-order valence-corrected chi connectivity index (χ1v) is 8.13. The van der Waals surface area contributed by atoms with Crippen LogP contribution in [-0.4, -0.2) is 18.3 Å². The van der Waals surface area contributed by atoms with E-state index in [2.05, 4.69) is 56.4 Å². The Morgan fingerprint density at radius 2 is 1.75 bits per heavy atom. The average molecular weight is 290 g/mol. The molecule has 0 aliphatic heterocycles. The van der Waals surface area contributed by atoms with Gasteiger partial charge in [0.15, 0.2) is 0 Å². The summed E-state index contributed by atoms with van der Waals surface area (Å²) in [4.78, 5) is 1.31. The van der Waals surface area contributed by atoms with Crippen molar-refractivity contribution in [3.05, 3.63) is 29.8 Å². The van der Waals surface area contributed by atoms with Gasteiger partial charge >= 0.3 is 0 Å². The minimum Gasteiger partial charge on any atom is -0.303 e. The van der Waals surface area contributed by atoms with E-state index in [4.69, 9.17) is 5.26 Å². The van der Waals surface area contributed by atoms with E-state index in [9.17, 15) is 0 Å². The Morgan fingerprint density at radius 1 is 1.15 bits per heavy atom. The quantitative estimate of drug-likeness (QED) is 0.624. The summed E-state index contributed by atoms with van der Waals surface area (Å²) in [7, 11) is 1.85. The Kier molecular flexibility index (Phi) is 6.10. The van der Waals surface area contributed by atoms with Crippen LogP contribution in [-0.2, 0) is 5.41 Å². The van der Waals surface area contributed by atoms with Crippen LogP contribution < -0.4 is 5.32 Å². The van der Waals surface area contributed by atoms with E-state index in [-0.39, 0.29) is 5.41 Å². The first-order chi connectivity index (χ1) is 9.30. The van der Waals surface area contributed by atoms with Crippen molar-refractivity contribution >= 4 is 11.8 Å². The Balaban J connectivity index is 2.42. The third kappa shape index (κ3) is 5.19. The van der Waals surface area contributed by atoms with Gasteiger partial charge in [-0.1, -0.05) is 32.9 Å². The summed E-state index contributed by atoms with van der Waals surface area (Å²) in [5, 5.41) is 12.2. The molecule has 1 aromatic carbocycles. The van der Waals surface area contributed by atoms with Crippen LogP contribution in [0.2, 0.25) is 0 Å². The minimum atomic E-state index is -0.392. The van der Waals surface area contributed by atoms with Crippen molar-refractivity contribution in [2.75, 3.05) is 12.8 Å². The van der Waals surface area contributed by atoms with E-state index in [1.54, 1.807) is 0 Å². The number of rotatable bonds is 6. The van der Waals surface area contributed by atoms with Gasteiger partial charge in [-0.15, -0.1) is 11.8 Å². The fourth-order valence-corrected chi connectivity index (χ4v) is 2.76. The molecule has 3 heteroatoms. The zero-order valence-corrected chi connectivity index (χ0v) is 14.1. The first-order valence-electron chi connectivity index (χ1n) is 7.14. The Bertz CT molecular complexity index is 453. The second-order valence-corrected chi connectivity index (χ2v) is 7.59. The molecule has 1 N–H and O–H groups in total. The van der Waals surface area contributed by atoms with Gasteiger partial charge in [-0.25, -0.2) is 0 Å². The van der Waals surface area contributed by atoms with E-state index in [0.29, 0.717) is 0 Å². The molecular weight excluding hydrogens is 264 g/mol. The number of nitrogens with zero attached hydrogens (tertiary/aromatic N) is 1. The van der Waals surface area contributed by atoms with E-state index in [1.165, 1.54) is 10.5 Å². The van der Waals surface area contributed by atoms with E-state index >= 15 is 0 Å². The molecule has 0 amide bonds. The molecule has 110 valence electrons. The molecule has 0 fully saturated rings. The zero-order valence-electron chi connectivity index (χ0n) is 13.3. The van der Waals surface area contributed by atoms with Crippen molar-refractivity contribution in [2.24, 2.45) is 0 Å². The highest BCUT2D eigenvalue weighted by atomic mass is 32.2. The number of nitrogens with one attached hydrogen (secondary N) is 1. The topological polar surface area (TPSA) is 35.8 Å². The lowest BCUT2D eigenvalue weighted by Crippen LogP contribution is -2.37. The summed E-state index contributed by atoms with van der Waals surface area (Å²) < 4.78 is 0. The second kappa shape index (κ2) is 7.15. The van der Waals surface area contributed by atoms with Gasteiger partial charge in [-0.05, 0) is 55.7 Å². The van der Waals surface area contributed by atoms with Crippen molar-refractivity contribution in [3.8, 4) is 6.07 Å². The lowest BCUT2D eigenvalue weighted by Gasteiger charge is -2.20. The van der Waals surface area contributed by atoms with Gasteiger partial charge < -0.3 is 5.32 Å². The van der Waals surface area contributed by atoms with Crippen molar-refractivity contribution < 1.29 is 0 Å². The van der Waals surface area contributed by atoms with Gasteiger partial charge in [-0.3, -0.25) is 0 Å². The van der Waals surface area contributed by atoms with Crippen molar-refractivity contribution in [2.45, 2.75) is 56.4 Å². The highest BCUT2D eigenvalue weighted by Crippen LogP contribution is 2.26. The molecule has 1 aromatic rings. The van der Waals surface area contributed by atoms with Crippen LogP contribution in [0.3, 0.4) is 0 Å². The summed E-state index contributed by atoms with van der Waals surface area (Å²) in [5.74, 6) is 1.05. The van der Waals surface area contributed by atoms with Crippen LogP contribution >= 0.6 is 11.8 Å². The molecule has 0 bridgehead atoms. The molecule has 0 saturated carbocycles. The van der Waals surface area contributed by atoms with E-state index < -0.39 is 5.54 Å². The SMILES string of the molecule is CNC(C)(C#N)CCCSc1ccc(C(C)(C)C)cc1. The van der Waals surface area contributed by atoms with E-state index in [1.807, 2.05) is 25.7 Å². The summed E-state index contributed by atoms with van der Waals surface area (Å²) in [6.45, 7) is 8.65. The summed E-state index contributed by atoms with van der Waals surface area (Å²) in [5.41, 5.74) is 1.19. The third-order valence-electron chi connectivity index (χ3n) is 3.61. The molecule has 0 heterocycles. The van der Waals surface area contributed by atoms with Crippen molar-refractivity contribution in [1.29, 1.82) is 5.26 Å². The lowest BCUT2D eigenvalue weighted by atomic mass is 9.87. The molecule has 0 aliphatic carbocycles. The minimum absolute atomic E-state index is 0.213. The fourth-order valence-electron chi connectivity index (χ4n) is 1.90. The zero-order chi connectivity index (χ0) is 15.2. The lowest BCUT2D eigenvalue weighted by molar-refractivity contribution is 0.451. The maximum Gasteiger partial charge on any atom is 0.103 e. The van der Waals surface area contributed by atoms with Crippen LogP contribution in [0, 0.1) is 11.3 Å². The molecule has 0 radical (unpaired) electrons. The normalized spacial score (nSPS) is 14.6. The monoisotopic (exact) mass is 290 g/mol. The molecule has 20 heavy (non-hydrogen) atoms. The van der Waals surface area contributed by atoms with Gasteiger partial charge in [0.25, 0.3) is 0 Å². The molecule has 0 aliphatic rings. The number of thioether (sulfide) groups is 1. The van der Waals surface area contributed by atoms with Crippen molar-refractivity contribution in [1.82, 2.24) is 5.32 Å². The fraction of sp³-hybridized carbons (Fsp3) is 0.588. The average Bonchev–Trinajstić information content (AvgIpc) is 2.43. The summed E-state index contributed by atoms with van der Waals surface area (Å²) >= 11 is 1.86. The largest absolute Gasteiger partial charge is 0.303 e.